The third-order valence-electron chi connectivity index (χ3n) is 4.51. The summed E-state index contributed by atoms with van der Waals surface area (Å²) in [5.74, 6) is 0.348. The molecule has 2 atom stereocenters. The van der Waals surface area contributed by atoms with E-state index in [0.717, 1.165) is 12.8 Å². The van der Waals surface area contributed by atoms with Crippen molar-refractivity contribution >= 4 is 0 Å². The third-order valence-corrected chi connectivity index (χ3v) is 4.51. The van der Waals surface area contributed by atoms with E-state index in [-0.39, 0.29) is 12.6 Å². The summed E-state index contributed by atoms with van der Waals surface area (Å²) in [6.07, 6.45) is 21.4. The van der Waals surface area contributed by atoms with E-state index in [9.17, 15) is 0 Å². The van der Waals surface area contributed by atoms with Crippen molar-refractivity contribution in [3.63, 3.8) is 0 Å². The second-order valence-corrected chi connectivity index (χ2v) is 7.01. The van der Waals surface area contributed by atoms with Gasteiger partial charge in [0.15, 0.2) is 0 Å². The fourth-order valence-electron chi connectivity index (χ4n) is 2.99. The molecule has 0 aromatic carbocycles. The van der Waals surface area contributed by atoms with Crippen molar-refractivity contribution in [2.75, 3.05) is 6.61 Å². The highest BCUT2D eigenvalue weighted by Crippen LogP contribution is 2.14. The highest BCUT2D eigenvalue weighted by atomic mass is 16.3. The maximum atomic E-state index is 9.10. The maximum Gasteiger partial charge on any atom is 0.0610 e. The van der Waals surface area contributed by atoms with Gasteiger partial charge in [0.25, 0.3) is 0 Å². The molecule has 0 spiro atoms. The molecule has 0 heterocycles. The predicted molar refractivity (Wildman–Crippen MR) is 104 cm³/mol. The summed E-state index contributed by atoms with van der Waals surface area (Å²) in [4.78, 5) is 2.77. The zero-order valence-electron chi connectivity index (χ0n) is 16.0. The quantitative estimate of drug-likeness (QED) is 0.101. The van der Waals surface area contributed by atoms with Crippen molar-refractivity contribution in [2.45, 2.75) is 103 Å². The van der Waals surface area contributed by atoms with E-state index >= 15 is 0 Å². The van der Waals surface area contributed by atoms with Crippen LogP contribution in [0, 0.1) is 5.92 Å². The normalized spacial score (nSPS) is 13.8. The van der Waals surface area contributed by atoms with Gasteiger partial charge in [-0.1, -0.05) is 95.3 Å². The van der Waals surface area contributed by atoms with E-state index in [1.165, 1.54) is 70.6 Å². The van der Waals surface area contributed by atoms with Crippen molar-refractivity contribution in [2.24, 2.45) is 11.0 Å². The van der Waals surface area contributed by atoms with Crippen LogP contribution >= 0.6 is 0 Å². The first-order chi connectivity index (χ1) is 11.7. The summed E-state index contributed by atoms with van der Waals surface area (Å²) >= 11 is 0. The zero-order chi connectivity index (χ0) is 17.9. The summed E-state index contributed by atoms with van der Waals surface area (Å²) in [6, 6.07) is -0.295. The Morgan fingerprint density at radius 1 is 0.958 bits per heavy atom. The van der Waals surface area contributed by atoms with Crippen LogP contribution < -0.4 is 0 Å². The summed E-state index contributed by atoms with van der Waals surface area (Å²) in [7, 11) is 0. The first-order valence-electron chi connectivity index (χ1n) is 10.1. The lowest BCUT2D eigenvalue weighted by Crippen LogP contribution is -2.12. The van der Waals surface area contributed by atoms with Crippen LogP contribution in [-0.2, 0) is 0 Å². The second kappa shape index (κ2) is 18.4. The van der Waals surface area contributed by atoms with Gasteiger partial charge in [0, 0.05) is 4.91 Å². The van der Waals surface area contributed by atoms with E-state index in [4.69, 9.17) is 10.6 Å². The molecule has 140 valence electrons. The minimum absolute atomic E-state index is 0.0686. The average molecular weight is 338 g/mol. The third kappa shape index (κ3) is 15.9. The fraction of sp³-hybridized carbons (Fsp3) is 0.900. The van der Waals surface area contributed by atoms with E-state index in [1.807, 2.05) is 0 Å². The zero-order valence-corrected chi connectivity index (χ0v) is 16.0. The lowest BCUT2D eigenvalue weighted by atomic mass is 10.0. The van der Waals surface area contributed by atoms with Crippen molar-refractivity contribution < 1.29 is 5.11 Å². The van der Waals surface area contributed by atoms with Gasteiger partial charge in [-0.3, -0.25) is 0 Å². The molecule has 0 amide bonds. The summed E-state index contributed by atoms with van der Waals surface area (Å²) in [5, 5.41) is 12.7. The molecule has 1 N–H and O–H groups in total. The van der Waals surface area contributed by atoms with Gasteiger partial charge >= 0.3 is 0 Å². The Bertz CT molecular complexity index is 338. The first-order valence-corrected chi connectivity index (χ1v) is 10.1. The number of rotatable bonds is 17. The Hall–Kier alpha value is -0.990. The molecule has 0 aromatic rings. The minimum atomic E-state index is -0.295. The van der Waals surface area contributed by atoms with Gasteiger partial charge in [0.2, 0.25) is 0 Å². The van der Waals surface area contributed by atoms with E-state index in [1.54, 1.807) is 0 Å². The van der Waals surface area contributed by atoms with Crippen molar-refractivity contribution in [1.29, 1.82) is 0 Å². The smallest absolute Gasteiger partial charge is 0.0610 e. The second-order valence-electron chi connectivity index (χ2n) is 7.01. The van der Waals surface area contributed by atoms with Gasteiger partial charge in [-0.05, 0) is 30.7 Å². The minimum Gasteiger partial charge on any atom is -0.396 e. The largest absolute Gasteiger partial charge is 0.396 e. The number of aliphatic hydroxyl groups is 1. The lowest BCUT2D eigenvalue weighted by molar-refractivity contribution is 0.253. The van der Waals surface area contributed by atoms with Crippen LogP contribution in [0.25, 0.3) is 10.4 Å². The molecule has 0 aliphatic carbocycles. The predicted octanol–water partition coefficient (Wildman–Crippen LogP) is 6.94. The Morgan fingerprint density at radius 3 is 2.00 bits per heavy atom. The molecular formula is C20H39N3O. The van der Waals surface area contributed by atoms with Crippen LogP contribution in [0.1, 0.15) is 97.3 Å². The number of azide groups is 1. The molecular weight excluding hydrogens is 298 g/mol. The molecule has 0 fully saturated rings. The molecule has 0 rings (SSSR count). The highest BCUT2D eigenvalue weighted by Gasteiger charge is 2.08. The molecule has 4 nitrogen and oxygen atoms in total. The van der Waals surface area contributed by atoms with E-state index in [0.29, 0.717) is 5.92 Å². The number of allylic oxidation sites excluding steroid dienone is 2. The molecule has 4 heteroatoms. The lowest BCUT2D eigenvalue weighted by Gasteiger charge is -2.10. The number of unbranched alkanes of at least 4 members (excludes halogenated alkanes) is 11. The van der Waals surface area contributed by atoms with Gasteiger partial charge in [-0.25, -0.2) is 0 Å². The molecule has 0 saturated heterocycles. The summed E-state index contributed by atoms with van der Waals surface area (Å²) in [6.45, 7) is 4.30. The SMILES string of the molecule is CCCCCCCCCCCCC/C=C/[C@@H](C)CC(CO)N=[N+]=[N-]. The van der Waals surface area contributed by atoms with Gasteiger partial charge in [0.05, 0.1) is 12.6 Å². The van der Waals surface area contributed by atoms with Crippen LogP contribution in [0.2, 0.25) is 0 Å². The van der Waals surface area contributed by atoms with Crippen LogP contribution in [0.4, 0.5) is 0 Å². The van der Waals surface area contributed by atoms with Crippen LogP contribution in [0.3, 0.4) is 0 Å². The number of aliphatic hydroxyl groups excluding tert-OH is 1. The average Bonchev–Trinajstić information content (AvgIpc) is 2.58. The molecule has 24 heavy (non-hydrogen) atoms. The molecule has 1 unspecified atom stereocenters. The molecule has 0 saturated carbocycles. The van der Waals surface area contributed by atoms with Crippen molar-refractivity contribution in [3.8, 4) is 0 Å². The number of hydrogen-bond donors (Lipinski definition) is 1. The molecule has 0 aliphatic heterocycles. The maximum absolute atomic E-state index is 9.10. The van der Waals surface area contributed by atoms with Crippen LogP contribution in [0.5, 0.6) is 0 Å². The van der Waals surface area contributed by atoms with Crippen LogP contribution in [-0.4, -0.2) is 17.8 Å². The molecule has 0 aromatic heterocycles. The first kappa shape index (κ1) is 23.0. The van der Waals surface area contributed by atoms with Crippen molar-refractivity contribution in [1.82, 2.24) is 0 Å². The number of nitrogens with zero attached hydrogens (tertiary/aromatic N) is 3. The standard InChI is InChI=1S/C20H39N3O/c1-3-4-5-6-7-8-9-10-11-12-13-14-15-16-19(2)17-20(18-24)22-23-21/h15-16,19-20,24H,3-14,17-18H2,1-2H3/b16-15+/t19-,20?/m1/s1. The van der Waals surface area contributed by atoms with E-state index in [2.05, 4.69) is 36.0 Å². The van der Waals surface area contributed by atoms with E-state index < -0.39 is 0 Å². The molecule has 0 radical (unpaired) electrons. The molecule has 0 bridgehead atoms. The fourth-order valence-corrected chi connectivity index (χ4v) is 2.99. The highest BCUT2D eigenvalue weighted by molar-refractivity contribution is 4.88. The van der Waals surface area contributed by atoms with Crippen molar-refractivity contribution in [3.05, 3.63) is 22.6 Å². The van der Waals surface area contributed by atoms with Gasteiger partial charge in [-0.15, -0.1) is 0 Å². The summed E-state index contributed by atoms with van der Waals surface area (Å²) < 4.78 is 0. The topological polar surface area (TPSA) is 69.0 Å². The summed E-state index contributed by atoms with van der Waals surface area (Å²) in [5.41, 5.74) is 8.41. The number of hydrogen-bond acceptors (Lipinski definition) is 2. The molecule has 0 aliphatic rings. The monoisotopic (exact) mass is 337 g/mol. The Kier molecular flexibility index (Phi) is 17.6. The Morgan fingerprint density at radius 2 is 1.50 bits per heavy atom. The van der Waals surface area contributed by atoms with Gasteiger partial charge in [-0.2, -0.15) is 0 Å². The Balaban J connectivity index is 3.41. The van der Waals surface area contributed by atoms with Gasteiger partial charge < -0.3 is 5.11 Å². The van der Waals surface area contributed by atoms with Gasteiger partial charge in [0.1, 0.15) is 0 Å². The van der Waals surface area contributed by atoms with Crippen LogP contribution in [0.15, 0.2) is 17.3 Å². The Labute approximate surface area is 149 Å².